The minimum Gasteiger partial charge on any atom is -0.473 e. The molecule has 0 aliphatic carbocycles. The largest absolute Gasteiger partial charge is 0.473 e. The summed E-state index contributed by atoms with van der Waals surface area (Å²) in [6, 6.07) is 13.0. The van der Waals surface area contributed by atoms with Gasteiger partial charge in [-0.15, -0.1) is 0 Å². The summed E-state index contributed by atoms with van der Waals surface area (Å²) in [6.07, 6.45) is 3.16. The highest BCUT2D eigenvalue weighted by atomic mass is 16.5. The third kappa shape index (κ3) is 6.27. The molecule has 1 fully saturated rings. The number of carbonyl (C=O) groups excluding carboxylic acids is 2. The second-order valence-electron chi connectivity index (χ2n) is 8.76. The van der Waals surface area contributed by atoms with Gasteiger partial charge in [-0.3, -0.25) is 19.7 Å². The molecule has 10 nitrogen and oxygen atoms in total. The minimum absolute atomic E-state index is 0.0864. The van der Waals surface area contributed by atoms with Gasteiger partial charge in [0.15, 0.2) is 0 Å². The third-order valence-electron chi connectivity index (χ3n) is 6.18. The van der Waals surface area contributed by atoms with Crippen molar-refractivity contribution in [1.29, 1.82) is 0 Å². The molecule has 2 aromatic heterocycles. The zero-order valence-corrected chi connectivity index (χ0v) is 20.5. The van der Waals surface area contributed by atoms with Gasteiger partial charge in [0.1, 0.15) is 18.1 Å². The molecule has 0 bridgehead atoms. The van der Waals surface area contributed by atoms with Gasteiger partial charge in [-0.25, -0.2) is 10.0 Å². The number of carbonyl (C=O) groups is 2. The summed E-state index contributed by atoms with van der Waals surface area (Å²) in [7, 11) is 0. The van der Waals surface area contributed by atoms with E-state index in [2.05, 4.69) is 15.5 Å². The maximum Gasteiger partial charge on any atom is 0.260 e. The summed E-state index contributed by atoms with van der Waals surface area (Å²) in [5.41, 5.74) is 2.94. The summed E-state index contributed by atoms with van der Waals surface area (Å²) in [6.45, 7) is 5.45. The molecule has 3 aromatic rings. The number of nitrogens with one attached hydrogen (secondary N) is 1. The van der Waals surface area contributed by atoms with E-state index in [1.165, 1.54) is 6.20 Å². The van der Waals surface area contributed by atoms with Gasteiger partial charge >= 0.3 is 0 Å². The van der Waals surface area contributed by atoms with Crippen LogP contribution in [-0.4, -0.2) is 69.3 Å². The molecule has 1 atom stereocenters. The van der Waals surface area contributed by atoms with Crippen molar-refractivity contribution >= 4 is 11.8 Å². The lowest BCUT2D eigenvalue weighted by molar-refractivity contribution is -0.165. The van der Waals surface area contributed by atoms with E-state index in [0.717, 1.165) is 36.2 Å². The van der Waals surface area contributed by atoms with E-state index in [1.807, 2.05) is 42.2 Å². The fourth-order valence-corrected chi connectivity index (χ4v) is 4.17. The van der Waals surface area contributed by atoms with Gasteiger partial charge in [0.2, 0.25) is 5.88 Å². The first-order valence-electron chi connectivity index (χ1n) is 12.1. The molecule has 1 aliphatic heterocycles. The topological polar surface area (TPSA) is 121 Å². The molecule has 0 spiro atoms. The number of benzene rings is 1. The average Bonchev–Trinajstić information content (AvgIpc) is 3.28. The molecular formula is C26H31N5O5. The number of likely N-dealkylation sites (N-methyl/N-ethyl adjacent to an activating group) is 1. The Bertz CT molecular complexity index is 1170. The summed E-state index contributed by atoms with van der Waals surface area (Å²) in [4.78, 5) is 31.0. The van der Waals surface area contributed by atoms with Crippen LogP contribution in [0.2, 0.25) is 0 Å². The van der Waals surface area contributed by atoms with Crippen molar-refractivity contribution < 1.29 is 24.1 Å². The van der Waals surface area contributed by atoms with Crippen molar-refractivity contribution in [3.63, 3.8) is 0 Å². The number of amides is 2. The standard InChI is InChI=1S/C26H31N5O5/c1-3-31(34)24(32)16-30-13-7-10-21(15-30)28-26(33)20-11-12-23(27-14-20)35-17-22-18(2)36-29-25(22)19-8-5-4-6-9-19/h4-6,8-9,11-12,14,21,34H,3,7,10,13,15-17H2,1-2H3,(H,28,33). The summed E-state index contributed by atoms with van der Waals surface area (Å²) >= 11 is 0. The number of piperidine rings is 1. The smallest absolute Gasteiger partial charge is 0.260 e. The predicted molar refractivity (Wildman–Crippen MR) is 131 cm³/mol. The Morgan fingerprint density at radius 2 is 2.06 bits per heavy atom. The van der Waals surface area contributed by atoms with E-state index in [1.54, 1.807) is 19.1 Å². The van der Waals surface area contributed by atoms with Crippen LogP contribution in [0.15, 0.2) is 53.2 Å². The van der Waals surface area contributed by atoms with Crippen LogP contribution in [0, 0.1) is 6.92 Å². The monoisotopic (exact) mass is 493 g/mol. The molecule has 36 heavy (non-hydrogen) atoms. The summed E-state index contributed by atoms with van der Waals surface area (Å²) < 4.78 is 11.2. The molecule has 3 heterocycles. The van der Waals surface area contributed by atoms with Crippen molar-refractivity contribution in [3.05, 3.63) is 65.5 Å². The Morgan fingerprint density at radius 3 is 2.78 bits per heavy atom. The highest BCUT2D eigenvalue weighted by molar-refractivity contribution is 5.94. The van der Waals surface area contributed by atoms with E-state index >= 15 is 0 Å². The Balaban J connectivity index is 1.31. The molecule has 10 heteroatoms. The molecule has 0 saturated carbocycles. The van der Waals surface area contributed by atoms with Gasteiger partial charge in [0.05, 0.1) is 17.7 Å². The zero-order chi connectivity index (χ0) is 25.5. The van der Waals surface area contributed by atoms with Gasteiger partial charge < -0.3 is 14.6 Å². The highest BCUT2D eigenvalue weighted by Gasteiger charge is 2.24. The van der Waals surface area contributed by atoms with Gasteiger partial charge in [-0.2, -0.15) is 0 Å². The lowest BCUT2D eigenvalue weighted by Crippen LogP contribution is -2.50. The molecule has 190 valence electrons. The lowest BCUT2D eigenvalue weighted by atomic mass is 10.1. The van der Waals surface area contributed by atoms with Gasteiger partial charge in [0.25, 0.3) is 11.8 Å². The molecule has 1 saturated heterocycles. The Hall–Kier alpha value is -3.76. The fraction of sp³-hybridized carbons (Fsp3) is 0.385. The summed E-state index contributed by atoms with van der Waals surface area (Å²) in [5, 5.41) is 17.5. The van der Waals surface area contributed by atoms with Crippen molar-refractivity contribution in [2.24, 2.45) is 0 Å². The number of rotatable bonds is 9. The number of hydrogen-bond acceptors (Lipinski definition) is 8. The molecular weight excluding hydrogens is 462 g/mol. The molecule has 0 radical (unpaired) electrons. The molecule has 2 N–H and O–H groups in total. The van der Waals surface area contributed by atoms with Crippen molar-refractivity contribution in [3.8, 4) is 17.1 Å². The number of nitrogens with zero attached hydrogens (tertiary/aromatic N) is 4. The van der Waals surface area contributed by atoms with Gasteiger partial charge in [-0.05, 0) is 39.3 Å². The quantitative estimate of drug-likeness (QED) is 0.345. The second-order valence-corrected chi connectivity index (χ2v) is 8.76. The fourth-order valence-electron chi connectivity index (χ4n) is 4.17. The molecule has 1 aliphatic rings. The number of likely N-dealkylation sites (tertiary alicyclic amines) is 1. The Morgan fingerprint density at radius 1 is 1.25 bits per heavy atom. The number of ether oxygens (including phenoxy) is 1. The highest BCUT2D eigenvalue weighted by Crippen LogP contribution is 2.26. The van der Waals surface area contributed by atoms with Gasteiger partial charge in [-0.1, -0.05) is 35.5 Å². The maximum absolute atomic E-state index is 12.8. The van der Waals surface area contributed by atoms with E-state index in [-0.39, 0.29) is 37.6 Å². The van der Waals surface area contributed by atoms with Crippen LogP contribution >= 0.6 is 0 Å². The van der Waals surface area contributed by atoms with E-state index in [0.29, 0.717) is 28.8 Å². The number of pyridine rings is 1. The van der Waals surface area contributed by atoms with Crippen LogP contribution in [0.4, 0.5) is 0 Å². The first-order chi connectivity index (χ1) is 17.4. The zero-order valence-electron chi connectivity index (χ0n) is 20.5. The van der Waals surface area contributed by atoms with E-state index in [4.69, 9.17) is 9.26 Å². The predicted octanol–water partition coefficient (Wildman–Crippen LogP) is 3.06. The molecule has 1 aromatic carbocycles. The molecule has 1 unspecified atom stereocenters. The van der Waals surface area contributed by atoms with Crippen LogP contribution in [0.3, 0.4) is 0 Å². The number of aryl methyl sites for hydroxylation is 1. The maximum atomic E-state index is 12.8. The van der Waals surface area contributed by atoms with Crippen LogP contribution in [0.5, 0.6) is 5.88 Å². The first-order valence-corrected chi connectivity index (χ1v) is 12.1. The van der Waals surface area contributed by atoms with Crippen molar-refractivity contribution in [2.75, 3.05) is 26.2 Å². The van der Waals surface area contributed by atoms with Crippen LogP contribution in [0.1, 0.15) is 41.4 Å². The van der Waals surface area contributed by atoms with Crippen molar-refractivity contribution in [1.82, 2.24) is 25.4 Å². The van der Waals surface area contributed by atoms with Crippen LogP contribution in [0.25, 0.3) is 11.3 Å². The molecule has 4 rings (SSSR count). The lowest BCUT2D eigenvalue weighted by Gasteiger charge is -2.33. The second kappa shape index (κ2) is 11.8. The number of hydroxylamine groups is 2. The Labute approximate surface area is 209 Å². The van der Waals surface area contributed by atoms with Gasteiger partial charge in [0, 0.05) is 37.0 Å². The SMILES string of the molecule is CCN(O)C(=O)CN1CCCC(NC(=O)c2ccc(OCc3c(-c4ccccc4)noc3C)nc2)C1. The van der Waals surface area contributed by atoms with Crippen molar-refractivity contribution in [2.45, 2.75) is 39.3 Å². The first kappa shape index (κ1) is 25.3. The van der Waals surface area contributed by atoms with E-state index in [9.17, 15) is 14.8 Å². The average molecular weight is 494 g/mol. The summed E-state index contributed by atoms with van der Waals surface area (Å²) in [5.74, 6) is 0.486. The van der Waals surface area contributed by atoms with Crippen LogP contribution < -0.4 is 10.1 Å². The molecule has 2 amide bonds. The Kier molecular flexibility index (Phi) is 8.29. The van der Waals surface area contributed by atoms with E-state index < -0.39 is 0 Å². The number of hydrogen-bond donors (Lipinski definition) is 2. The minimum atomic E-state index is -0.346. The number of aromatic nitrogens is 2. The van der Waals surface area contributed by atoms with Crippen LogP contribution in [-0.2, 0) is 11.4 Å². The normalized spacial score (nSPS) is 15.9. The third-order valence-corrected chi connectivity index (χ3v) is 6.18.